The summed E-state index contributed by atoms with van der Waals surface area (Å²) in [5.41, 5.74) is 8.23. The van der Waals surface area contributed by atoms with Gasteiger partial charge in [-0.2, -0.15) is 0 Å². The van der Waals surface area contributed by atoms with Crippen molar-refractivity contribution in [3.05, 3.63) is 28.8 Å². The first-order chi connectivity index (χ1) is 9.67. The molecule has 120 valence electrons. The zero-order chi connectivity index (χ0) is 16.2. The molecule has 0 aliphatic carbocycles. The average Bonchev–Trinajstić information content (AvgIpc) is 2.38. The maximum atomic E-state index is 12.6. The Morgan fingerprint density at radius 2 is 1.76 bits per heavy atom. The number of nitrogens with two attached hydrogens (primary N) is 1. The molecule has 1 aromatic rings. The molecule has 0 radical (unpaired) electrons. The standard InChI is InChI=1S/C16H28N2O2S/c1-11(2)6-7-13(4)18-21(19,20)16-9-15(10-17)8-12(3)14(16)5/h8-9,11,13,18H,6-7,10,17H2,1-5H3. The molecule has 0 aromatic heterocycles. The summed E-state index contributed by atoms with van der Waals surface area (Å²) >= 11 is 0. The van der Waals surface area contributed by atoms with E-state index in [1.54, 1.807) is 6.07 Å². The van der Waals surface area contributed by atoms with Crippen molar-refractivity contribution < 1.29 is 8.42 Å². The van der Waals surface area contributed by atoms with Crippen LogP contribution < -0.4 is 10.5 Å². The van der Waals surface area contributed by atoms with Crippen LogP contribution in [0.1, 0.15) is 50.3 Å². The SMILES string of the molecule is Cc1cc(CN)cc(S(=O)(=O)NC(C)CCC(C)C)c1C. The van der Waals surface area contributed by atoms with Crippen molar-refractivity contribution in [1.82, 2.24) is 4.72 Å². The van der Waals surface area contributed by atoms with Crippen molar-refractivity contribution in [2.24, 2.45) is 11.7 Å². The van der Waals surface area contributed by atoms with Gasteiger partial charge in [-0.05, 0) is 62.3 Å². The Labute approximate surface area is 129 Å². The minimum atomic E-state index is -3.50. The molecule has 1 aromatic carbocycles. The van der Waals surface area contributed by atoms with Crippen LogP contribution in [0.4, 0.5) is 0 Å². The summed E-state index contributed by atoms with van der Waals surface area (Å²) in [6.45, 7) is 10.3. The topological polar surface area (TPSA) is 72.2 Å². The largest absolute Gasteiger partial charge is 0.326 e. The summed E-state index contributed by atoms with van der Waals surface area (Å²) in [7, 11) is -3.50. The van der Waals surface area contributed by atoms with E-state index >= 15 is 0 Å². The van der Waals surface area contributed by atoms with Crippen molar-refractivity contribution in [2.75, 3.05) is 0 Å². The van der Waals surface area contributed by atoms with E-state index < -0.39 is 10.0 Å². The van der Waals surface area contributed by atoms with Crippen LogP contribution in [0.2, 0.25) is 0 Å². The van der Waals surface area contributed by atoms with Crippen LogP contribution in [0.15, 0.2) is 17.0 Å². The molecule has 0 bridgehead atoms. The quantitative estimate of drug-likeness (QED) is 0.813. The van der Waals surface area contributed by atoms with Gasteiger partial charge in [-0.3, -0.25) is 0 Å². The third-order valence-electron chi connectivity index (χ3n) is 3.74. The summed E-state index contributed by atoms with van der Waals surface area (Å²) in [5, 5.41) is 0. The van der Waals surface area contributed by atoms with E-state index in [1.165, 1.54) is 0 Å². The van der Waals surface area contributed by atoms with E-state index in [1.807, 2.05) is 26.8 Å². The molecule has 0 aliphatic rings. The first-order valence-electron chi connectivity index (χ1n) is 7.50. The smallest absolute Gasteiger partial charge is 0.241 e. The molecule has 1 unspecified atom stereocenters. The molecule has 0 amide bonds. The van der Waals surface area contributed by atoms with Gasteiger partial charge in [0.25, 0.3) is 0 Å². The molecule has 21 heavy (non-hydrogen) atoms. The normalized spacial score (nSPS) is 13.7. The molecule has 0 saturated carbocycles. The van der Waals surface area contributed by atoms with E-state index in [0.717, 1.165) is 29.5 Å². The second-order valence-electron chi connectivity index (χ2n) is 6.23. The summed E-state index contributed by atoms with van der Waals surface area (Å²) in [6, 6.07) is 3.55. The van der Waals surface area contributed by atoms with Crippen LogP contribution in [0.25, 0.3) is 0 Å². The van der Waals surface area contributed by atoms with Crippen LogP contribution in [0, 0.1) is 19.8 Å². The van der Waals surface area contributed by atoms with E-state index in [9.17, 15) is 8.42 Å². The van der Waals surface area contributed by atoms with Crippen LogP contribution in [0.3, 0.4) is 0 Å². The molecule has 0 fully saturated rings. The molecular weight excluding hydrogens is 284 g/mol. The number of hydrogen-bond acceptors (Lipinski definition) is 3. The van der Waals surface area contributed by atoms with Gasteiger partial charge in [0.05, 0.1) is 4.90 Å². The average molecular weight is 312 g/mol. The van der Waals surface area contributed by atoms with Gasteiger partial charge in [0.1, 0.15) is 0 Å². The summed E-state index contributed by atoms with van der Waals surface area (Å²) in [5.74, 6) is 0.571. The van der Waals surface area contributed by atoms with Crippen LogP contribution in [-0.4, -0.2) is 14.5 Å². The highest BCUT2D eigenvalue weighted by Gasteiger charge is 2.21. The number of rotatable bonds is 7. The van der Waals surface area contributed by atoms with Crippen molar-refractivity contribution in [3.8, 4) is 0 Å². The first-order valence-corrected chi connectivity index (χ1v) is 8.98. The van der Waals surface area contributed by atoms with Crippen molar-refractivity contribution in [3.63, 3.8) is 0 Å². The summed E-state index contributed by atoms with van der Waals surface area (Å²) in [4.78, 5) is 0.347. The summed E-state index contributed by atoms with van der Waals surface area (Å²) < 4.78 is 27.9. The highest BCUT2D eigenvalue weighted by Crippen LogP contribution is 2.21. The Morgan fingerprint density at radius 1 is 1.14 bits per heavy atom. The van der Waals surface area contributed by atoms with Gasteiger partial charge in [-0.25, -0.2) is 13.1 Å². The molecule has 3 N–H and O–H groups in total. The number of hydrogen-bond donors (Lipinski definition) is 2. The van der Waals surface area contributed by atoms with Crippen LogP contribution in [-0.2, 0) is 16.6 Å². The number of sulfonamides is 1. The fourth-order valence-electron chi connectivity index (χ4n) is 2.27. The molecule has 1 atom stereocenters. The van der Waals surface area contributed by atoms with Gasteiger partial charge in [-0.1, -0.05) is 19.9 Å². The molecule has 0 aliphatic heterocycles. The van der Waals surface area contributed by atoms with E-state index in [-0.39, 0.29) is 6.04 Å². The van der Waals surface area contributed by atoms with Gasteiger partial charge in [-0.15, -0.1) is 0 Å². The predicted molar refractivity (Wildman–Crippen MR) is 87.7 cm³/mol. The predicted octanol–water partition coefficient (Wildman–Crippen LogP) is 2.87. The lowest BCUT2D eigenvalue weighted by Crippen LogP contribution is -2.33. The number of benzene rings is 1. The third-order valence-corrected chi connectivity index (χ3v) is 5.45. The Hall–Kier alpha value is -0.910. The van der Waals surface area contributed by atoms with Gasteiger partial charge in [0.15, 0.2) is 0 Å². The maximum Gasteiger partial charge on any atom is 0.241 e. The minimum absolute atomic E-state index is 0.0707. The molecule has 0 saturated heterocycles. The highest BCUT2D eigenvalue weighted by atomic mass is 32.2. The van der Waals surface area contributed by atoms with Crippen molar-refractivity contribution in [2.45, 2.75) is 64.9 Å². The lowest BCUT2D eigenvalue weighted by atomic mass is 10.1. The van der Waals surface area contributed by atoms with E-state index in [2.05, 4.69) is 18.6 Å². The fraction of sp³-hybridized carbons (Fsp3) is 0.625. The van der Waals surface area contributed by atoms with Crippen molar-refractivity contribution in [1.29, 1.82) is 0 Å². The third kappa shape index (κ3) is 5.09. The van der Waals surface area contributed by atoms with Gasteiger partial charge in [0.2, 0.25) is 10.0 Å². The van der Waals surface area contributed by atoms with Gasteiger partial charge < -0.3 is 5.73 Å². The monoisotopic (exact) mass is 312 g/mol. The van der Waals surface area contributed by atoms with Crippen molar-refractivity contribution >= 4 is 10.0 Å². The molecule has 0 heterocycles. The molecule has 4 nitrogen and oxygen atoms in total. The minimum Gasteiger partial charge on any atom is -0.326 e. The fourth-order valence-corrected chi connectivity index (χ4v) is 3.91. The Bertz CT molecular complexity index is 580. The highest BCUT2D eigenvalue weighted by molar-refractivity contribution is 7.89. The second-order valence-corrected chi connectivity index (χ2v) is 7.92. The Balaban J connectivity index is 3.00. The Kier molecular flexibility index (Phi) is 6.38. The summed E-state index contributed by atoms with van der Waals surface area (Å²) in [6.07, 6.45) is 1.84. The van der Waals surface area contributed by atoms with Gasteiger partial charge in [0, 0.05) is 12.6 Å². The van der Waals surface area contributed by atoms with Crippen LogP contribution in [0.5, 0.6) is 0 Å². The molecule has 5 heteroatoms. The van der Waals surface area contributed by atoms with Gasteiger partial charge >= 0.3 is 0 Å². The Morgan fingerprint density at radius 3 is 2.29 bits per heavy atom. The first kappa shape index (κ1) is 18.1. The maximum absolute atomic E-state index is 12.6. The van der Waals surface area contributed by atoms with E-state index in [4.69, 9.17) is 5.73 Å². The van der Waals surface area contributed by atoms with E-state index in [0.29, 0.717) is 17.4 Å². The number of nitrogens with one attached hydrogen (secondary N) is 1. The van der Waals surface area contributed by atoms with Crippen LogP contribution >= 0.6 is 0 Å². The second kappa shape index (κ2) is 7.38. The lowest BCUT2D eigenvalue weighted by molar-refractivity contribution is 0.485. The zero-order valence-electron chi connectivity index (χ0n) is 13.7. The molecule has 0 spiro atoms. The lowest BCUT2D eigenvalue weighted by Gasteiger charge is -2.18. The number of aryl methyl sites for hydroxylation is 1. The molecular formula is C16H28N2O2S. The molecule has 1 rings (SSSR count). The zero-order valence-corrected chi connectivity index (χ0v) is 14.5.